The number of hydrogen-bond donors (Lipinski definition) is 3. The van der Waals surface area contributed by atoms with Gasteiger partial charge in [-0.05, 0) is 37.8 Å². The third-order valence-corrected chi connectivity index (χ3v) is 3.77. The van der Waals surface area contributed by atoms with Crippen molar-refractivity contribution in [3.63, 3.8) is 0 Å². The first-order valence-electron chi connectivity index (χ1n) is 6.48. The van der Waals surface area contributed by atoms with Gasteiger partial charge in [0.15, 0.2) is 0 Å². The van der Waals surface area contributed by atoms with E-state index in [4.69, 9.17) is 5.11 Å². The molecule has 1 aromatic rings. The summed E-state index contributed by atoms with van der Waals surface area (Å²) in [6.07, 6.45) is 3.98. The standard InChI is InChI=1S/C14H18N2O3/c1-2-14(8-5-9-14)16-13(19)15-11-7-4-3-6-10(11)12(17)18/h3-4,6-7H,2,5,8-9H2,1H3,(H,17,18)(H2,15,16,19). The Morgan fingerprint density at radius 1 is 1.32 bits per heavy atom. The second-order valence-corrected chi connectivity index (χ2v) is 4.92. The maximum atomic E-state index is 11.9. The van der Waals surface area contributed by atoms with Gasteiger partial charge in [-0.25, -0.2) is 9.59 Å². The number of urea groups is 1. The van der Waals surface area contributed by atoms with Crippen LogP contribution in [-0.2, 0) is 0 Å². The molecular formula is C14H18N2O3. The van der Waals surface area contributed by atoms with Crippen LogP contribution in [0.1, 0.15) is 43.0 Å². The van der Waals surface area contributed by atoms with Crippen LogP contribution in [0, 0.1) is 0 Å². The van der Waals surface area contributed by atoms with Crippen LogP contribution in [0.4, 0.5) is 10.5 Å². The van der Waals surface area contributed by atoms with Crippen molar-refractivity contribution in [3.8, 4) is 0 Å². The van der Waals surface area contributed by atoms with Crippen LogP contribution >= 0.6 is 0 Å². The Kier molecular flexibility index (Phi) is 3.74. The number of anilines is 1. The fourth-order valence-electron chi connectivity index (χ4n) is 2.34. The lowest BCUT2D eigenvalue weighted by Crippen LogP contribution is -2.54. The predicted molar refractivity (Wildman–Crippen MR) is 72.4 cm³/mol. The van der Waals surface area contributed by atoms with Gasteiger partial charge in [-0.3, -0.25) is 0 Å². The number of carboxylic acids is 1. The molecule has 102 valence electrons. The minimum absolute atomic E-state index is 0.0943. The molecule has 0 saturated heterocycles. The van der Waals surface area contributed by atoms with E-state index >= 15 is 0 Å². The number of aromatic carboxylic acids is 1. The third kappa shape index (κ3) is 2.86. The number of rotatable bonds is 4. The normalized spacial score (nSPS) is 16.3. The molecular weight excluding hydrogens is 244 g/mol. The Bertz CT molecular complexity index is 490. The van der Waals surface area contributed by atoms with E-state index in [1.807, 2.05) is 6.92 Å². The van der Waals surface area contributed by atoms with Crippen molar-refractivity contribution in [3.05, 3.63) is 29.8 Å². The van der Waals surface area contributed by atoms with Crippen molar-refractivity contribution < 1.29 is 14.7 Å². The quantitative estimate of drug-likeness (QED) is 0.780. The molecule has 1 aliphatic rings. The van der Waals surface area contributed by atoms with Crippen LogP contribution in [-0.4, -0.2) is 22.6 Å². The van der Waals surface area contributed by atoms with E-state index in [1.54, 1.807) is 18.2 Å². The van der Waals surface area contributed by atoms with E-state index < -0.39 is 5.97 Å². The van der Waals surface area contributed by atoms with Crippen molar-refractivity contribution in [2.24, 2.45) is 0 Å². The first-order chi connectivity index (χ1) is 9.06. The lowest BCUT2D eigenvalue weighted by atomic mass is 9.75. The number of nitrogens with one attached hydrogen (secondary N) is 2. The minimum atomic E-state index is -1.05. The fraction of sp³-hybridized carbons (Fsp3) is 0.429. The molecule has 0 aromatic heterocycles. The van der Waals surface area contributed by atoms with Gasteiger partial charge in [0.25, 0.3) is 0 Å². The summed E-state index contributed by atoms with van der Waals surface area (Å²) in [6.45, 7) is 2.05. The molecule has 5 heteroatoms. The molecule has 0 heterocycles. The first-order valence-corrected chi connectivity index (χ1v) is 6.48. The van der Waals surface area contributed by atoms with Crippen molar-refractivity contribution in [1.82, 2.24) is 5.32 Å². The summed E-state index contributed by atoms with van der Waals surface area (Å²) in [5, 5.41) is 14.6. The van der Waals surface area contributed by atoms with Crippen molar-refractivity contribution in [2.45, 2.75) is 38.1 Å². The summed E-state index contributed by atoms with van der Waals surface area (Å²) in [6, 6.07) is 6.04. The fourth-order valence-corrected chi connectivity index (χ4v) is 2.34. The molecule has 0 radical (unpaired) electrons. The molecule has 1 saturated carbocycles. The van der Waals surface area contributed by atoms with E-state index in [1.165, 1.54) is 6.07 Å². The Morgan fingerprint density at radius 2 is 2.00 bits per heavy atom. The molecule has 19 heavy (non-hydrogen) atoms. The SMILES string of the molecule is CCC1(NC(=O)Nc2ccccc2C(=O)O)CCC1. The Hall–Kier alpha value is -2.04. The zero-order valence-corrected chi connectivity index (χ0v) is 10.9. The van der Waals surface area contributed by atoms with Gasteiger partial charge in [0.2, 0.25) is 0 Å². The lowest BCUT2D eigenvalue weighted by Gasteiger charge is -2.41. The van der Waals surface area contributed by atoms with E-state index in [-0.39, 0.29) is 17.1 Å². The smallest absolute Gasteiger partial charge is 0.337 e. The molecule has 0 atom stereocenters. The highest BCUT2D eigenvalue weighted by molar-refractivity contribution is 6.00. The highest BCUT2D eigenvalue weighted by Gasteiger charge is 2.36. The molecule has 2 amide bonds. The van der Waals surface area contributed by atoms with Gasteiger partial charge in [0.05, 0.1) is 11.3 Å². The first kappa shape index (κ1) is 13.4. The van der Waals surface area contributed by atoms with Crippen molar-refractivity contribution in [2.75, 3.05) is 5.32 Å². The Labute approximate surface area is 112 Å². The van der Waals surface area contributed by atoms with Crippen LogP contribution in [0.2, 0.25) is 0 Å². The molecule has 3 N–H and O–H groups in total. The van der Waals surface area contributed by atoms with Crippen molar-refractivity contribution >= 4 is 17.7 Å². The zero-order chi connectivity index (χ0) is 13.9. The van der Waals surface area contributed by atoms with Gasteiger partial charge in [-0.2, -0.15) is 0 Å². The van der Waals surface area contributed by atoms with E-state index in [0.29, 0.717) is 5.69 Å². The van der Waals surface area contributed by atoms with Crippen molar-refractivity contribution in [1.29, 1.82) is 0 Å². The maximum Gasteiger partial charge on any atom is 0.337 e. The molecule has 2 rings (SSSR count). The zero-order valence-electron chi connectivity index (χ0n) is 10.9. The van der Waals surface area contributed by atoms with Gasteiger partial charge < -0.3 is 15.7 Å². The molecule has 0 bridgehead atoms. The highest BCUT2D eigenvalue weighted by atomic mass is 16.4. The lowest BCUT2D eigenvalue weighted by molar-refractivity contribution is 0.0698. The molecule has 1 aromatic carbocycles. The third-order valence-electron chi connectivity index (χ3n) is 3.77. The number of carbonyl (C=O) groups is 2. The predicted octanol–water partition coefficient (Wildman–Crippen LogP) is 2.84. The largest absolute Gasteiger partial charge is 0.478 e. The van der Waals surface area contributed by atoms with E-state index in [0.717, 1.165) is 25.7 Å². The molecule has 0 spiro atoms. The summed E-state index contributed by atoms with van der Waals surface area (Å²) in [7, 11) is 0. The van der Waals surface area contributed by atoms with Gasteiger partial charge in [0.1, 0.15) is 0 Å². The topological polar surface area (TPSA) is 78.4 Å². The molecule has 0 aliphatic heterocycles. The van der Waals surface area contributed by atoms with Crippen LogP contribution in [0.15, 0.2) is 24.3 Å². The number of benzene rings is 1. The second kappa shape index (κ2) is 5.30. The molecule has 5 nitrogen and oxygen atoms in total. The summed E-state index contributed by atoms with van der Waals surface area (Å²) in [5.41, 5.74) is 0.303. The average Bonchev–Trinajstić information content (AvgIpc) is 2.34. The van der Waals surface area contributed by atoms with Gasteiger partial charge in [-0.1, -0.05) is 19.1 Å². The van der Waals surface area contributed by atoms with Crippen LogP contribution in [0.5, 0.6) is 0 Å². The average molecular weight is 262 g/mol. The van der Waals surface area contributed by atoms with Crippen LogP contribution < -0.4 is 10.6 Å². The summed E-state index contributed by atoms with van der Waals surface area (Å²) in [4.78, 5) is 23.0. The molecule has 1 fully saturated rings. The van der Waals surface area contributed by atoms with Gasteiger partial charge >= 0.3 is 12.0 Å². The Morgan fingerprint density at radius 3 is 2.53 bits per heavy atom. The molecule has 1 aliphatic carbocycles. The van der Waals surface area contributed by atoms with E-state index in [9.17, 15) is 9.59 Å². The molecule has 0 unspecified atom stereocenters. The maximum absolute atomic E-state index is 11.9. The number of para-hydroxylation sites is 1. The Balaban J connectivity index is 2.05. The van der Waals surface area contributed by atoms with Gasteiger partial charge in [-0.15, -0.1) is 0 Å². The summed E-state index contributed by atoms with van der Waals surface area (Å²) in [5.74, 6) is -1.05. The minimum Gasteiger partial charge on any atom is -0.478 e. The monoisotopic (exact) mass is 262 g/mol. The highest BCUT2D eigenvalue weighted by Crippen LogP contribution is 2.34. The summed E-state index contributed by atoms with van der Waals surface area (Å²) >= 11 is 0. The summed E-state index contributed by atoms with van der Waals surface area (Å²) < 4.78 is 0. The second-order valence-electron chi connectivity index (χ2n) is 4.92. The van der Waals surface area contributed by atoms with Crippen LogP contribution in [0.3, 0.4) is 0 Å². The van der Waals surface area contributed by atoms with E-state index in [2.05, 4.69) is 10.6 Å². The number of carboxylic acid groups (broad SMARTS) is 1. The van der Waals surface area contributed by atoms with Gasteiger partial charge in [0, 0.05) is 5.54 Å². The number of amides is 2. The van der Waals surface area contributed by atoms with Crippen LogP contribution in [0.25, 0.3) is 0 Å². The number of hydrogen-bond acceptors (Lipinski definition) is 2. The number of carbonyl (C=O) groups excluding carboxylic acids is 1.